The molecule has 174 valence electrons. The van der Waals surface area contributed by atoms with Crippen molar-refractivity contribution in [3.8, 4) is 0 Å². The summed E-state index contributed by atoms with van der Waals surface area (Å²) in [4.78, 5) is 41.8. The normalized spacial score (nSPS) is 24.3. The number of hydrogen-bond acceptors (Lipinski definition) is 5. The minimum Gasteiger partial charge on any atom is -0.324 e. The van der Waals surface area contributed by atoms with Gasteiger partial charge in [0.25, 0.3) is 0 Å². The zero-order valence-corrected chi connectivity index (χ0v) is 18.9. The molecule has 2 fully saturated rings. The van der Waals surface area contributed by atoms with E-state index in [1.54, 1.807) is 36.5 Å². The number of halogens is 2. The van der Waals surface area contributed by atoms with Crippen molar-refractivity contribution in [2.75, 3.05) is 10.2 Å². The highest BCUT2D eigenvalue weighted by atomic mass is 35.5. The van der Waals surface area contributed by atoms with Gasteiger partial charge in [-0.05, 0) is 47.5 Å². The summed E-state index contributed by atoms with van der Waals surface area (Å²) >= 11 is 5.95. The van der Waals surface area contributed by atoms with Crippen LogP contribution in [0.5, 0.6) is 0 Å². The average molecular weight is 489 g/mol. The second-order valence-corrected chi connectivity index (χ2v) is 9.09. The van der Waals surface area contributed by atoms with E-state index in [0.717, 1.165) is 16.0 Å². The molecule has 3 aliphatic rings. The fraction of sp³-hybridized carbons (Fsp3) is 0.154. The van der Waals surface area contributed by atoms with Crippen molar-refractivity contribution in [2.45, 2.75) is 12.1 Å². The third-order valence-corrected chi connectivity index (χ3v) is 7.02. The van der Waals surface area contributed by atoms with Crippen LogP contribution in [-0.2, 0) is 14.4 Å². The molecule has 0 aromatic heterocycles. The number of para-hydroxylation sites is 1. The van der Waals surface area contributed by atoms with Gasteiger partial charge in [-0.2, -0.15) is 5.10 Å². The van der Waals surface area contributed by atoms with Crippen molar-refractivity contribution >= 4 is 46.9 Å². The number of hydrazone groups is 1. The number of nitrogens with zero attached hydrogens (tertiary/aromatic N) is 3. The van der Waals surface area contributed by atoms with E-state index in [9.17, 15) is 18.8 Å². The number of fused-ring (bicyclic) bond motifs is 5. The summed E-state index contributed by atoms with van der Waals surface area (Å²) in [7, 11) is 0. The summed E-state index contributed by atoms with van der Waals surface area (Å²) in [6.45, 7) is 0. The predicted molar refractivity (Wildman–Crippen MR) is 128 cm³/mol. The standard InChI is InChI=1S/C26H18ClFN4O3/c27-15-9-11-16(12-10-15)30-24(33)23-21-20(22-17-6-2-1-5-14(17)13-29-32(22)23)25(34)31(26(21)35)19-8-4-3-7-18(19)28/h1-13,20-23H,(H,30,33)/t20-,21+,22+,23-/m1/s1. The first-order valence-corrected chi connectivity index (χ1v) is 11.4. The van der Waals surface area contributed by atoms with Gasteiger partial charge in [-0.3, -0.25) is 19.4 Å². The van der Waals surface area contributed by atoms with Crippen LogP contribution in [0.4, 0.5) is 15.8 Å². The van der Waals surface area contributed by atoms with E-state index in [2.05, 4.69) is 10.4 Å². The van der Waals surface area contributed by atoms with Crippen molar-refractivity contribution in [3.05, 3.63) is 94.8 Å². The predicted octanol–water partition coefficient (Wildman–Crippen LogP) is 4.00. The Morgan fingerprint density at radius 2 is 1.60 bits per heavy atom. The molecule has 1 N–H and O–H groups in total. The van der Waals surface area contributed by atoms with Gasteiger partial charge < -0.3 is 5.32 Å². The van der Waals surface area contributed by atoms with Gasteiger partial charge in [-0.25, -0.2) is 9.29 Å². The summed E-state index contributed by atoms with van der Waals surface area (Å²) in [5, 5.41) is 9.35. The SMILES string of the molecule is O=C(Nc1ccc(Cl)cc1)[C@H]1[C@H]2C(=O)N(c3ccccc3F)C(=O)[C@H]2[C@@H]2c3ccccc3C=NN12. The van der Waals surface area contributed by atoms with Gasteiger partial charge >= 0.3 is 0 Å². The molecule has 0 spiro atoms. The molecule has 3 aromatic carbocycles. The lowest BCUT2D eigenvalue weighted by molar-refractivity contribution is -0.129. The van der Waals surface area contributed by atoms with Gasteiger partial charge in [-0.15, -0.1) is 0 Å². The van der Waals surface area contributed by atoms with E-state index >= 15 is 0 Å². The smallest absolute Gasteiger partial charge is 0.249 e. The maximum Gasteiger partial charge on any atom is 0.249 e. The summed E-state index contributed by atoms with van der Waals surface area (Å²) in [5.41, 5.74) is 1.96. The van der Waals surface area contributed by atoms with Crippen LogP contribution in [0.1, 0.15) is 17.2 Å². The number of amides is 3. The molecule has 3 amide bonds. The zero-order chi connectivity index (χ0) is 24.3. The van der Waals surface area contributed by atoms with Crippen LogP contribution in [0, 0.1) is 17.7 Å². The fourth-order valence-electron chi connectivity index (χ4n) is 5.29. The van der Waals surface area contributed by atoms with Crippen LogP contribution in [0.25, 0.3) is 0 Å². The number of nitrogens with one attached hydrogen (secondary N) is 1. The summed E-state index contributed by atoms with van der Waals surface area (Å²) in [6.07, 6.45) is 1.62. The van der Waals surface area contributed by atoms with Crippen molar-refractivity contribution in [2.24, 2.45) is 16.9 Å². The number of imide groups is 1. The highest BCUT2D eigenvalue weighted by molar-refractivity contribution is 6.30. The first kappa shape index (κ1) is 21.5. The third-order valence-electron chi connectivity index (χ3n) is 6.77. The average Bonchev–Trinajstić information content (AvgIpc) is 3.34. The highest BCUT2D eigenvalue weighted by Crippen LogP contribution is 2.52. The van der Waals surface area contributed by atoms with Gasteiger partial charge in [0.05, 0.1) is 29.8 Å². The van der Waals surface area contributed by atoms with E-state index in [-0.39, 0.29) is 5.69 Å². The molecule has 3 heterocycles. The van der Waals surface area contributed by atoms with E-state index in [1.807, 2.05) is 24.3 Å². The number of anilines is 2. The summed E-state index contributed by atoms with van der Waals surface area (Å²) in [6, 6.07) is 17.9. The van der Waals surface area contributed by atoms with E-state index in [0.29, 0.717) is 10.7 Å². The molecule has 35 heavy (non-hydrogen) atoms. The molecule has 0 radical (unpaired) electrons. The van der Waals surface area contributed by atoms with Crippen molar-refractivity contribution in [1.82, 2.24) is 5.01 Å². The Morgan fingerprint density at radius 3 is 2.37 bits per heavy atom. The number of carbonyl (C=O) groups is 3. The Morgan fingerprint density at radius 1 is 0.914 bits per heavy atom. The molecular weight excluding hydrogens is 471 g/mol. The fourth-order valence-corrected chi connectivity index (χ4v) is 5.41. The van der Waals surface area contributed by atoms with E-state index < -0.39 is 47.5 Å². The van der Waals surface area contributed by atoms with E-state index in [4.69, 9.17) is 11.6 Å². The number of carbonyl (C=O) groups excluding carboxylic acids is 3. The Bertz CT molecular complexity index is 1410. The van der Waals surface area contributed by atoms with Crippen molar-refractivity contribution < 1.29 is 18.8 Å². The minimum absolute atomic E-state index is 0.118. The Balaban J connectivity index is 1.45. The molecule has 0 unspecified atom stereocenters. The van der Waals surface area contributed by atoms with Crippen LogP contribution >= 0.6 is 11.6 Å². The molecule has 0 aliphatic carbocycles. The molecule has 3 aromatic rings. The zero-order valence-electron chi connectivity index (χ0n) is 18.1. The molecule has 4 atom stereocenters. The number of benzene rings is 3. The molecule has 0 saturated carbocycles. The molecule has 2 saturated heterocycles. The van der Waals surface area contributed by atoms with Crippen LogP contribution in [0.15, 0.2) is 77.9 Å². The quantitative estimate of drug-likeness (QED) is 0.565. The van der Waals surface area contributed by atoms with Crippen molar-refractivity contribution in [1.29, 1.82) is 0 Å². The topological polar surface area (TPSA) is 82.1 Å². The highest BCUT2D eigenvalue weighted by Gasteiger charge is 2.65. The molecule has 9 heteroatoms. The largest absolute Gasteiger partial charge is 0.324 e. The van der Waals surface area contributed by atoms with Crippen molar-refractivity contribution in [3.63, 3.8) is 0 Å². The van der Waals surface area contributed by atoms with Crippen LogP contribution in [0.3, 0.4) is 0 Å². The molecule has 3 aliphatic heterocycles. The molecular formula is C26H18ClFN4O3. The van der Waals surface area contributed by atoms with Gasteiger partial charge in [-0.1, -0.05) is 48.0 Å². The summed E-state index contributed by atoms with van der Waals surface area (Å²) < 4.78 is 14.6. The van der Waals surface area contributed by atoms with Crippen LogP contribution in [-0.4, -0.2) is 35.0 Å². The first-order chi connectivity index (χ1) is 17.0. The molecule has 7 nitrogen and oxygen atoms in total. The van der Waals surface area contributed by atoms with Crippen LogP contribution in [0.2, 0.25) is 5.02 Å². The van der Waals surface area contributed by atoms with E-state index in [1.165, 1.54) is 23.2 Å². The lowest BCUT2D eigenvalue weighted by Gasteiger charge is -2.33. The summed E-state index contributed by atoms with van der Waals surface area (Å²) in [5.74, 6) is -4.28. The Labute approximate surface area is 204 Å². The second-order valence-electron chi connectivity index (χ2n) is 8.65. The lowest BCUT2D eigenvalue weighted by Crippen LogP contribution is -2.46. The van der Waals surface area contributed by atoms with Gasteiger partial charge in [0.1, 0.15) is 11.9 Å². The van der Waals surface area contributed by atoms with Gasteiger partial charge in [0.15, 0.2) is 0 Å². The number of rotatable bonds is 3. The number of hydrogen-bond donors (Lipinski definition) is 1. The second kappa shape index (κ2) is 8.02. The minimum atomic E-state index is -1.07. The van der Waals surface area contributed by atoms with Gasteiger partial charge in [0, 0.05) is 10.7 Å². The third kappa shape index (κ3) is 3.24. The first-order valence-electron chi connectivity index (χ1n) is 11.1. The molecule has 6 rings (SSSR count). The molecule has 0 bridgehead atoms. The van der Waals surface area contributed by atoms with Crippen LogP contribution < -0.4 is 10.2 Å². The lowest BCUT2D eigenvalue weighted by atomic mass is 9.85. The van der Waals surface area contributed by atoms with Gasteiger partial charge in [0.2, 0.25) is 17.7 Å². The maximum absolute atomic E-state index is 14.6. The maximum atomic E-state index is 14.6. The Hall–Kier alpha value is -4.04. The Kier molecular flexibility index (Phi) is 4.93. The monoisotopic (exact) mass is 488 g/mol.